The number of anilines is 1. The summed E-state index contributed by atoms with van der Waals surface area (Å²) in [7, 11) is 0. The highest BCUT2D eigenvalue weighted by molar-refractivity contribution is 7.96. The Balaban J connectivity index is 3.00. The van der Waals surface area contributed by atoms with E-state index in [9.17, 15) is 13.6 Å². The molecule has 0 saturated heterocycles. The first kappa shape index (κ1) is 8.99. The number of hydrogen-bond acceptors (Lipinski definition) is 1. The largest absolute Gasteiger partial charge is 0.314 e. The highest BCUT2D eigenvalue weighted by atomic mass is 32.1. The van der Waals surface area contributed by atoms with E-state index in [-0.39, 0.29) is 5.69 Å². The second-order valence-corrected chi connectivity index (χ2v) is 2.44. The molecule has 0 aliphatic carbocycles. The van der Waals surface area contributed by atoms with E-state index in [0.717, 1.165) is 6.07 Å². The van der Waals surface area contributed by atoms with E-state index < -0.39 is 16.9 Å². The number of halogens is 2. The molecule has 0 heterocycles. The third-order valence-electron chi connectivity index (χ3n) is 1.19. The maximum atomic E-state index is 12.7. The Hall–Kier alpha value is -1.10. The van der Waals surface area contributed by atoms with E-state index >= 15 is 0 Å². The molecule has 0 atom stereocenters. The van der Waals surface area contributed by atoms with Crippen molar-refractivity contribution >= 4 is 23.6 Å². The van der Waals surface area contributed by atoms with Gasteiger partial charge in [0.05, 0.1) is 5.69 Å². The van der Waals surface area contributed by atoms with E-state index in [4.69, 9.17) is 0 Å². The fourth-order valence-electron chi connectivity index (χ4n) is 0.716. The van der Waals surface area contributed by atoms with Gasteiger partial charge in [0.25, 0.3) is 5.24 Å². The van der Waals surface area contributed by atoms with Crippen LogP contribution in [0, 0.1) is 11.6 Å². The third-order valence-corrected chi connectivity index (χ3v) is 1.31. The van der Waals surface area contributed by atoms with Crippen molar-refractivity contribution in [2.45, 2.75) is 0 Å². The lowest BCUT2D eigenvalue weighted by Crippen LogP contribution is -2.04. The lowest BCUT2D eigenvalue weighted by atomic mass is 10.3. The van der Waals surface area contributed by atoms with Crippen molar-refractivity contribution in [3.05, 3.63) is 29.8 Å². The van der Waals surface area contributed by atoms with Gasteiger partial charge >= 0.3 is 0 Å². The molecule has 64 valence electrons. The Morgan fingerprint density at radius 2 is 2.08 bits per heavy atom. The minimum absolute atomic E-state index is 0.213. The van der Waals surface area contributed by atoms with Crippen LogP contribution in [0.15, 0.2) is 18.2 Å². The molecule has 1 aromatic carbocycles. The van der Waals surface area contributed by atoms with Crippen LogP contribution in [0.3, 0.4) is 0 Å². The van der Waals surface area contributed by atoms with Gasteiger partial charge in [0.15, 0.2) is 11.6 Å². The van der Waals surface area contributed by atoms with Crippen LogP contribution in [0.1, 0.15) is 0 Å². The highest BCUT2D eigenvalue weighted by Crippen LogP contribution is 2.16. The lowest BCUT2D eigenvalue weighted by Gasteiger charge is -2.02. The van der Waals surface area contributed by atoms with Crippen LogP contribution in [0.5, 0.6) is 0 Å². The number of benzene rings is 1. The van der Waals surface area contributed by atoms with Gasteiger partial charge < -0.3 is 5.32 Å². The molecule has 5 heteroatoms. The fourth-order valence-corrected chi connectivity index (χ4v) is 0.836. The Morgan fingerprint density at radius 3 is 2.67 bits per heavy atom. The molecule has 0 radical (unpaired) electrons. The van der Waals surface area contributed by atoms with Gasteiger partial charge in [0, 0.05) is 0 Å². The summed E-state index contributed by atoms with van der Waals surface area (Å²) in [6.45, 7) is 0. The first-order chi connectivity index (χ1) is 5.61. The van der Waals surface area contributed by atoms with Gasteiger partial charge in [0.1, 0.15) is 0 Å². The predicted octanol–water partition coefficient (Wildman–Crippen LogP) is 2.43. The van der Waals surface area contributed by atoms with Gasteiger partial charge in [-0.3, -0.25) is 4.79 Å². The van der Waals surface area contributed by atoms with Crippen molar-refractivity contribution in [3.63, 3.8) is 0 Å². The molecule has 0 aromatic heterocycles. The van der Waals surface area contributed by atoms with Crippen LogP contribution >= 0.6 is 12.6 Å². The fraction of sp³-hybridized carbons (Fsp3) is 0. The summed E-state index contributed by atoms with van der Waals surface area (Å²) in [5, 5.41) is 1.29. The van der Waals surface area contributed by atoms with Gasteiger partial charge in [-0.15, -0.1) is 0 Å². The summed E-state index contributed by atoms with van der Waals surface area (Å²) >= 11 is 3.35. The van der Waals surface area contributed by atoms with Crippen LogP contribution < -0.4 is 5.32 Å². The van der Waals surface area contributed by atoms with E-state index in [1.54, 1.807) is 0 Å². The number of carbonyl (C=O) groups excluding carboxylic acids is 1. The Labute approximate surface area is 73.0 Å². The van der Waals surface area contributed by atoms with Crippen LogP contribution in [-0.2, 0) is 0 Å². The summed E-state index contributed by atoms with van der Waals surface area (Å²) in [5.41, 5.74) is -0.213. The Morgan fingerprint density at radius 1 is 1.42 bits per heavy atom. The molecular formula is C7H5F2NOS. The summed E-state index contributed by atoms with van der Waals surface area (Å²) < 4.78 is 25.2. The molecule has 0 fully saturated rings. The zero-order chi connectivity index (χ0) is 9.14. The molecule has 0 aliphatic rings. The topological polar surface area (TPSA) is 29.1 Å². The zero-order valence-corrected chi connectivity index (χ0v) is 6.74. The summed E-state index contributed by atoms with van der Waals surface area (Å²) in [4.78, 5) is 10.3. The monoisotopic (exact) mass is 189 g/mol. The van der Waals surface area contributed by atoms with Crippen molar-refractivity contribution in [3.8, 4) is 0 Å². The molecule has 2 nitrogen and oxygen atoms in total. The third kappa shape index (κ3) is 1.94. The van der Waals surface area contributed by atoms with Crippen molar-refractivity contribution in [2.24, 2.45) is 0 Å². The van der Waals surface area contributed by atoms with Crippen molar-refractivity contribution < 1.29 is 13.6 Å². The number of amides is 1. The van der Waals surface area contributed by atoms with Crippen LogP contribution in [0.2, 0.25) is 0 Å². The van der Waals surface area contributed by atoms with E-state index in [1.807, 2.05) is 5.32 Å². The second-order valence-electron chi connectivity index (χ2n) is 2.03. The number of nitrogens with one attached hydrogen (secondary N) is 1. The molecule has 0 unspecified atom stereocenters. The molecule has 0 aliphatic heterocycles. The van der Waals surface area contributed by atoms with Gasteiger partial charge in [-0.1, -0.05) is 18.7 Å². The molecule has 1 amide bonds. The number of hydrogen-bond donors (Lipinski definition) is 2. The van der Waals surface area contributed by atoms with Crippen molar-refractivity contribution in [1.29, 1.82) is 0 Å². The first-order valence-electron chi connectivity index (χ1n) is 3.05. The average molecular weight is 189 g/mol. The first-order valence-corrected chi connectivity index (χ1v) is 3.50. The van der Waals surface area contributed by atoms with Gasteiger partial charge in [-0.25, -0.2) is 8.78 Å². The Bertz CT molecular complexity index is 316. The van der Waals surface area contributed by atoms with E-state index in [0.29, 0.717) is 0 Å². The minimum atomic E-state index is -1.08. The normalized spacial score (nSPS) is 9.58. The van der Waals surface area contributed by atoms with Crippen molar-refractivity contribution in [2.75, 3.05) is 5.32 Å². The quantitative estimate of drug-likeness (QED) is 0.653. The maximum Gasteiger partial charge on any atom is 0.280 e. The van der Waals surface area contributed by atoms with Gasteiger partial charge in [-0.2, -0.15) is 0 Å². The van der Waals surface area contributed by atoms with E-state index in [1.165, 1.54) is 12.1 Å². The average Bonchev–Trinajstić information content (AvgIpc) is 1.98. The summed E-state index contributed by atoms with van der Waals surface area (Å²) in [5.74, 6) is -2.09. The molecule has 0 saturated carbocycles. The minimum Gasteiger partial charge on any atom is -0.314 e. The Kier molecular flexibility index (Phi) is 2.65. The molecule has 1 N–H and O–H groups in total. The number of rotatable bonds is 1. The molecule has 0 spiro atoms. The molecule has 1 rings (SSSR count). The van der Waals surface area contributed by atoms with Crippen LogP contribution in [0.4, 0.5) is 19.3 Å². The summed E-state index contributed by atoms with van der Waals surface area (Å²) in [6, 6.07) is 3.49. The van der Waals surface area contributed by atoms with Gasteiger partial charge in [-0.05, 0) is 12.1 Å². The van der Waals surface area contributed by atoms with Crippen LogP contribution in [-0.4, -0.2) is 5.24 Å². The van der Waals surface area contributed by atoms with E-state index in [2.05, 4.69) is 12.6 Å². The highest BCUT2D eigenvalue weighted by Gasteiger charge is 2.07. The molecule has 12 heavy (non-hydrogen) atoms. The van der Waals surface area contributed by atoms with Crippen LogP contribution in [0.25, 0.3) is 0 Å². The smallest absolute Gasteiger partial charge is 0.280 e. The SMILES string of the molecule is O=C(S)Nc1cccc(F)c1F. The maximum absolute atomic E-state index is 12.7. The van der Waals surface area contributed by atoms with Crippen molar-refractivity contribution in [1.82, 2.24) is 0 Å². The predicted molar refractivity (Wildman–Crippen MR) is 44.4 cm³/mol. The number of thiol groups is 1. The molecule has 0 bridgehead atoms. The number of carbonyl (C=O) groups is 1. The molecule has 1 aromatic rings. The second kappa shape index (κ2) is 3.53. The summed E-state index contributed by atoms with van der Waals surface area (Å²) in [6.07, 6.45) is 0. The zero-order valence-electron chi connectivity index (χ0n) is 5.84. The van der Waals surface area contributed by atoms with Gasteiger partial charge in [0.2, 0.25) is 0 Å². The lowest BCUT2D eigenvalue weighted by molar-refractivity contribution is 0.270. The molecular weight excluding hydrogens is 184 g/mol. The standard InChI is InChI=1S/C7H5F2NOS/c8-4-2-1-3-5(6(4)9)10-7(11)12/h1-3H,(H2,10,11,12).